The zero-order valence-electron chi connectivity index (χ0n) is 16.6. The van der Waals surface area contributed by atoms with Gasteiger partial charge in [-0.1, -0.05) is 26.0 Å². The first kappa shape index (κ1) is 18.7. The Balaban J connectivity index is 1.55. The Morgan fingerprint density at radius 3 is 2.79 bits per heavy atom. The second-order valence-electron chi connectivity index (χ2n) is 8.37. The van der Waals surface area contributed by atoms with Gasteiger partial charge in [-0.2, -0.15) is 5.10 Å². The molecule has 1 aromatic heterocycles. The molecule has 28 heavy (non-hydrogen) atoms. The Morgan fingerprint density at radius 1 is 1.29 bits per heavy atom. The number of hydrogen-bond donors (Lipinski definition) is 1. The first-order valence-corrected chi connectivity index (χ1v) is 10.2. The van der Waals surface area contributed by atoms with Gasteiger partial charge in [0.2, 0.25) is 5.91 Å². The molecule has 2 heterocycles. The number of nitrogens with zero attached hydrogens (tertiary/aromatic N) is 3. The second-order valence-corrected chi connectivity index (χ2v) is 8.37. The van der Waals surface area contributed by atoms with E-state index in [2.05, 4.69) is 28.9 Å². The summed E-state index contributed by atoms with van der Waals surface area (Å²) in [6.45, 7) is 6.22. The predicted octanol–water partition coefficient (Wildman–Crippen LogP) is 3.19. The van der Waals surface area contributed by atoms with E-state index in [9.17, 15) is 9.59 Å². The summed E-state index contributed by atoms with van der Waals surface area (Å²) in [5.74, 6) is 1.15. The van der Waals surface area contributed by atoms with Crippen LogP contribution in [0.25, 0.3) is 11.1 Å². The van der Waals surface area contributed by atoms with Crippen molar-refractivity contribution in [2.75, 3.05) is 19.6 Å². The standard InChI is InChI=1S/C22H28N4O2/c1-15(2)20-14-25(9-8-21(27)26(20)13-16-6-7-16)22(28)18-5-3-4-17(10-18)19-11-23-24-12-19/h3-5,10-12,15-16,20H,6-9,13-14H2,1-2H3,(H,23,24)/t20-/m1/s1. The molecule has 1 aliphatic heterocycles. The number of carbonyl (C=O) groups excluding carboxylic acids is 2. The van der Waals surface area contributed by atoms with Gasteiger partial charge in [-0.15, -0.1) is 0 Å². The Morgan fingerprint density at radius 2 is 2.11 bits per heavy atom. The Hall–Kier alpha value is -2.63. The third-order valence-corrected chi connectivity index (χ3v) is 5.87. The third kappa shape index (κ3) is 3.96. The summed E-state index contributed by atoms with van der Waals surface area (Å²) in [5, 5.41) is 6.80. The minimum Gasteiger partial charge on any atom is -0.337 e. The SMILES string of the molecule is CC(C)[C@H]1CN(C(=O)c2cccc(-c3cn[nH]c3)c2)CCC(=O)N1CC1CC1. The van der Waals surface area contributed by atoms with Gasteiger partial charge in [-0.3, -0.25) is 14.7 Å². The van der Waals surface area contributed by atoms with Gasteiger partial charge in [-0.05, 0) is 42.4 Å². The van der Waals surface area contributed by atoms with Gasteiger partial charge >= 0.3 is 0 Å². The lowest BCUT2D eigenvalue weighted by molar-refractivity contribution is -0.133. The van der Waals surface area contributed by atoms with Crippen molar-refractivity contribution in [3.05, 3.63) is 42.2 Å². The molecule has 0 radical (unpaired) electrons. The van der Waals surface area contributed by atoms with E-state index in [1.54, 1.807) is 6.20 Å². The number of rotatable bonds is 5. The number of amides is 2. The van der Waals surface area contributed by atoms with Gasteiger partial charge in [0.15, 0.2) is 0 Å². The van der Waals surface area contributed by atoms with Crippen molar-refractivity contribution in [2.45, 2.75) is 39.2 Å². The van der Waals surface area contributed by atoms with Crippen molar-refractivity contribution < 1.29 is 9.59 Å². The van der Waals surface area contributed by atoms with E-state index in [1.807, 2.05) is 35.4 Å². The fourth-order valence-electron chi connectivity index (χ4n) is 3.97. The van der Waals surface area contributed by atoms with Crippen LogP contribution in [0.15, 0.2) is 36.7 Å². The number of aromatic amines is 1. The lowest BCUT2D eigenvalue weighted by atomic mass is 10.0. The molecule has 148 valence electrons. The molecule has 1 atom stereocenters. The first-order valence-electron chi connectivity index (χ1n) is 10.2. The molecular formula is C22H28N4O2. The molecule has 0 bridgehead atoms. The van der Waals surface area contributed by atoms with Crippen molar-refractivity contribution in [1.82, 2.24) is 20.0 Å². The van der Waals surface area contributed by atoms with Gasteiger partial charge in [0, 0.05) is 43.4 Å². The van der Waals surface area contributed by atoms with Crippen molar-refractivity contribution >= 4 is 11.8 Å². The molecule has 2 aromatic rings. The Labute approximate surface area is 165 Å². The van der Waals surface area contributed by atoms with Gasteiger partial charge in [0.25, 0.3) is 5.91 Å². The second kappa shape index (κ2) is 7.78. The highest BCUT2D eigenvalue weighted by Crippen LogP contribution is 2.32. The van der Waals surface area contributed by atoms with Gasteiger partial charge in [0.05, 0.1) is 12.2 Å². The van der Waals surface area contributed by atoms with Gasteiger partial charge in [0.1, 0.15) is 0 Å². The highest BCUT2D eigenvalue weighted by molar-refractivity contribution is 5.96. The van der Waals surface area contributed by atoms with E-state index in [1.165, 1.54) is 12.8 Å². The third-order valence-electron chi connectivity index (χ3n) is 5.87. The molecular weight excluding hydrogens is 352 g/mol. The van der Waals surface area contributed by atoms with Crippen LogP contribution in [-0.2, 0) is 4.79 Å². The highest BCUT2D eigenvalue weighted by Gasteiger charge is 2.36. The van der Waals surface area contributed by atoms with Gasteiger partial charge < -0.3 is 9.80 Å². The van der Waals surface area contributed by atoms with Crippen LogP contribution >= 0.6 is 0 Å². The summed E-state index contributed by atoms with van der Waals surface area (Å²) in [4.78, 5) is 30.0. The van der Waals surface area contributed by atoms with E-state index in [-0.39, 0.29) is 17.9 Å². The molecule has 2 amide bonds. The molecule has 1 N–H and O–H groups in total. The zero-order valence-corrected chi connectivity index (χ0v) is 16.6. The van der Waals surface area contributed by atoms with Crippen LogP contribution in [0.5, 0.6) is 0 Å². The van der Waals surface area contributed by atoms with Crippen molar-refractivity contribution in [3.8, 4) is 11.1 Å². The van der Waals surface area contributed by atoms with Crippen molar-refractivity contribution in [2.24, 2.45) is 11.8 Å². The quantitative estimate of drug-likeness (QED) is 0.866. The maximum absolute atomic E-state index is 13.3. The monoisotopic (exact) mass is 380 g/mol. The summed E-state index contributed by atoms with van der Waals surface area (Å²) in [6.07, 6.45) is 6.41. The normalized spacial score (nSPS) is 20.5. The van der Waals surface area contributed by atoms with Crippen LogP contribution in [0.4, 0.5) is 0 Å². The average Bonchev–Trinajstić information content (AvgIpc) is 3.38. The molecule has 4 rings (SSSR count). The van der Waals surface area contributed by atoms with Crippen LogP contribution < -0.4 is 0 Å². The minimum absolute atomic E-state index is 0.00272. The number of carbonyl (C=O) groups is 2. The number of H-pyrrole nitrogens is 1. The minimum atomic E-state index is -0.00272. The van der Waals surface area contributed by atoms with Crippen LogP contribution in [0.1, 0.15) is 43.5 Å². The summed E-state index contributed by atoms with van der Waals surface area (Å²) >= 11 is 0. The predicted molar refractivity (Wildman–Crippen MR) is 108 cm³/mol. The number of benzene rings is 1. The molecule has 6 nitrogen and oxygen atoms in total. The fourth-order valence-corrected chi connectivity index (χ4v) is 3.97. The molecule has 0 unspecified atom stereocenters. The zero-order chi connectivity index (χ0) is 19.7. The topological polar surface area (TPSA) is 69.3 Å². The average molecular weight is 380 g/mol. The molecule has 2 aliphatic rings. The van der Waals surface area contributed by atoms with Crippen molar-refractivity contribution in [3.63, 3.8) is 0 Å². The molecule has 1 aliphatic carbocycles. The largest absolute Gasteiger partial charge is 0.337 e. The van der Waals surface area contributed by atoms with Crippen LogP contribution in [0.2, 0.25) is 0 Å². The Bertz CT molecular complexity index is 842. The van der Waals surface area contributed by atoms with Crippen LogP contribution in [-0.4, -0.2) is 57.5 Å². The number of aromatic nitrogens is 2. The summed E-state index contributed by atoms with van der Waals surface area (Å²) in [5.41, 5.74) is 2.57. The maximum Gasteiger partial charge on any atom is 0.253 e. The van der Waals surface area contributed by atoms with Crippen LogP contribution in [0.3, 0.4) is 0 Å². The fraction of sp³-hybridized carbons (Fsp3) is 0.500. The lowest BCUT2D eigenvalue weighted by Crippen LogP contribution is -2.48. The summed E-state index contributed by atoms with van der Waals surface area (Å²) < 4.78 is 0. The highest BCUT2D eigenvalue weighted by atomic mass is 16.2. The molecule has 2 fully saturated rings. The lowest BCUT2D eigenvalue weighted by Gasteiger charge is -2.34. The molecule has 0 spiro atoms. The summed E-state index contributed by atoms with van der Waals surface area (Å²) in [6, 6.07) is 7.72. The first-order chi connectivity index (χ1) is 13.5. The Kier molecular flexibility index (Phi) is 5.20. The van der Waals surface area contributed by atoms with E-state index in [0.29, 0.717) is 36.9 Å². The smallest absolute Gasteiger partial charge is 0.253 e. The molecule has 6 heteroatoms. The maximum atomic E-state index is 13.3. The summed E-state index contributed by atoms with van der Waals surface area (Å²) in [7, 11) is 0. The van der Waals surface area contributed by atoms with Crippen LogP contribution in [0, 0.1) is 11.8 Å². The van der Waals surface area contributed by atoms with E-state index < -0.39 is 0 Å². The van der Waals surface area contributed by atoms with Gasteiger partial charge in [-0.25, -0.2) is 0 Å². The van der Waals surface area contributed by atoms with E-state index in [4.69, 9.17) is 0 Å². The van der Waals surface area contributed by atoms with E-state index >= 15 is 0 Å². The number of nitrogens with one attached hydrogen (secondary N) is 1. The molecule has 1 aromatic carbocycles. The van der Waals surface area contributed by atoms with Crippen molar-refractivity contribution in [1.29, 1.82) is 0 Å². The van der Waals surface area contributed by atoms with E-state index in [0.717, 1.165) is 17.7 Å². The molecule has 1 saturated carbocycles. The molecule has 1 saturated heterocycles. The number of hydrogen-bond acceptors (Lipinski definition) is 3.